The van der Waals surface area contributed by atoms with E-state index in [-0.39, 0.29) is 5.56 Å². The molecule has 0 spiro atoms. The number of carbonyl (C=O) groups excluding carboxylic acids is 1. The molecule has 1 aromatic carbocycles. The maximum Gasteiger partial charge on any atom is 0.284 e. The lowest BCUT2D eigenvalue weighted by Crippen LogP contribution is -2.36. The van der Waals surface area contributed by atoms with E-state index in [9.17, 15) is 9.59 Å². The standard InChI is InChI=1S/C19H21ClN6O2/c1-24(2)9-8-21-18(27)16-10-17(13-4-6-14(20)7-5-13)23-26(19(16)28)15-11-22-25(3)12-15/h4-7,10-12H,8-9H2,1-3H3,(H,21,27). The lowest BCUT2D eigenvalue weighted by atomic mass is 10.1. The maximum atomic E-state index is 12.9. The molecule has 0 bridgehead atoms. The van der Waals surface area contributed by atoms with Crippen molar-refractivity contribution >= 4 is 17.5 Å². The van der Waals surface area contributed by atoms with Crippen LogP contribution in [-0.2, 0) is 7.05 Å². The summed E-state index contributed by atoms with van der Waals surface area (Å²) < 4.78 is 2.76. The first-order valence-corrected chi connectivity index (χ1v) is 9.05. The molecule has 2 heterocycles. The van der Waals surface area contributed by atoms with Crippen molar-refractivity contribution in [2.75, 3.05) is 27.2 Å². The summed E-state index contributed by atoms with van der Waals surface area (Å²) in [4.78, 5) is 27.5. The van der Waals surface area contributed by atoms with Crippen LogP contribution in [0.25, 0.3) is 16.9 Å². The number of aryl methyl sites for hydroxylation is 1. The van der Waals surface area contributed by atoms with Crippen molar-refractivity contribution < 1.29 is 4.79 Å². The zero-order valence-electron chi connectivity index (χ0n) is 15.9. The van der Waals surface area contributed by atoms with E-state index in [2.05, 4.69) is 15.5 Å². The fourth-order valence-electron chi connectivity index (χ4n) is 2.60. The Kier molecular flexibility index (Phi) is 5.91. The molecule has 1 amide bonds. The largest absolute Gasteiger partial charge is 0.351 e. The Balaban J connectivity index is 2.07. The Morgan fingerprint density at radius 2 is 1.96 bits per heavy atom. The quantitative estimate of drug-likeness (QED) is 0.679. The summed E-state index contributed by atoms with van der Waals surface area (Å²) in [5.74, 6) is -0.442. The minimum atomic E-state index is -0.506. The van der Waals surface area contributed by atoms with Gasteiger partial charge in [0.25, 0.3) is 11.5 Å². The average molecular weight is 401 g/mol. The Bertz CT molecular complexity index is 1040. The molecular weight excluding hydrogens is 380 g/mol. The van der Waals surface area contributed by atoms with Crippen LogP contribution in [0.15, 0.2) is 47.5 Å². The van der Waals surface area contributed by atoms with Crippen molar-refractivity contribution in [3.8, 4) is 16.9 Å². The summed E-state index contributed by atoms with van der Waals surface area (Å²) in [5, 5.41) is 11.9. The molecule has 2 aromatic heterocycles. The lowest BCUT2D eigenvalue weighted by molar-refractivity contribution is 0.0949. The van der Waals surface area contributed by atoms with Crippen molar-refractivity contribution in [3.05, 3.63) is 63.7 Å². The molecule has 8 nitrogen and oxygen atoms in total. The van der Waals surface area contributed by atoms with Gasteiger partial charge in [0.1, 0.15) is 11.3 Å². The molecule has 1 N–H and O–H groups in total. The number of nitrogens with one attached hydrogen (secondary N) is 1. The molecule has 0 fully saturated rings. The molecule has 0 radical (unpaired) electrons. The molecule has 0 unspecified atom stereocenters. The van der Waals surface area contributed by atoms with Crippen molar-refractivity contribution in [2.45, 2.75) is 0 Å². The van der Waals surface area contributed by atoms with Gasteiger partial charge < -0.3 is 10.2 Å². The SMILES string of the molecule is CN(C)CCNC(=O)c1cc(-c2ccc(Cl)cc2)nn(-c2cnn(C)c2)c1=O. The van der Waals surface area contributed by atoms with Gasteiger partial charge in [0.15, 0.2) is 0 Å². The lowest BCUT2D eigenvalue weighted by Gasteiger charge is -2.12. The molecule has 0 saturated heterocycles. The molecule has 28 heavy (non-hydrogen) atoms. The summed E-state index contributed by atoms with van der Waals surface area (Å²) >= 11 is 5.96. The number of benzene rings is 1. The molecular formula is C19H21ClN6O2. The highest BCUT2D eigenvalue weighted by Gasteiger charge is 2.18. The summed E-state index contributed by atoms with van der Waals surface area (Å²) in [6, 6.07) is 8.54. The minimum absolute atomic E-state index is 0.0163. The van der Waals surface area contributed by atoms with E-state index in [0.29, 0.717) is 29.5 Å². The van der Waals surface area contributed by atoms with E-state index >= 15 is 0 Å². The first-order chi connectivity index (χ1) is 13.3. The van der Waals surface area contributed by atoms with Gasteiger partial charge in [0, 0.05) is 30.7 Å². The van der Waals surface area contributed by atoms with E-state index in [1.54, 1.807) is 42.2 Å². The number of nitrogens with zero attached hydrogens (tertiary/aromatic N) is 5. The third-order valence-electron chi connectivity index (χ3n) is 4.08. The fraction of sp³-hybridized carbons (Fsp3) is 0.263. The van der Waals surface area contributed by atoms with Crippen LogP contribution in [0.5, 0.6) is 0 Å². The zero-order valence-corrected chi connectivity index (χ0v) is 16.6. The number of amides is 1. The van der Waals surface area contributed by atoms with Crippen LogP contribution in [0.1, 0.15) is 10.4 Å². The van der Waals surface area contributed by atoms with E-state index in [4.69, 9.17) is 11.6 Å². The number of rotatable bonds is 6. The van der Waals surface area contributed by atoms with Gasteiger partial charge in [0.2, 0.25) is 0 Å². The van der Waals surface area contributed by atoms with Gasteiger partial charge in [-0.3, -0.25) is 14.3 Å². The van der Waals surface area contributed by atoms with E-state index in [1.807, 2.05) is 19.0 Å². The highest BCUT2D eigenvalue weighted by atomic mass is 35.5. The highest BCUT2D eigenvalue weighted by molar-refractivity contribution is 6.30. The Morgan fingerprint density at radius 1 is 1.25 bits per heavy atom. The van der Waals surface area contributed by atoms with Crippen LogP contribution < -0.4 is 10.9 Å². The third kappa shape index (κ3) is 4.47. The second-order valence-electron chi connectivity index (χ2n) is 6.60. The van der Waals surface area contributed by atoms with Crippen LogP contribution >= 0.6 is 11.6 Å². The van der Waals surface area contributed by atoms with Crippen LogP contribution in [-0.4, -0.2) is 57.6 Å². The zero-order chi connectivity index (χ0) is 20.3. The molecule has 0 atom stereocenters. The van der Waals surface area contributed by atoms with Gasteiger partial charge in [-0.25, -0.2) is 0 Å². The van der Waals surface area contributed by atoms with Gasteiger partial charge in [-0.05, 0) is 32.3 Å². The predicted molar refractivity (Wildman–Crippen MR) is 108 cm³/mol. The highest BCUT2D eigenvalue weighted by Crippen LogP contribution is 2.20. The summed E-state index contributed by atoms with van der Waals surface area (Å²) in [6.45, 7) is 1.09. The van der Waals surface area contributed by atoms with Crippen molar-refractivity contribution in [2.24, 2.45) is 7.05 Å². The summed E-state index contributed by atoms with van der Waals surface area (Å²) in [6.07, 6.45) is 3.18. The second kappa shape index (κ2) is 8.37. The van der Waals surface area contributed by atoms with Crippen LogP contribution in [0.3, 0.4) is 0 Å². The number of hydrogen-bond acceptors (Lipinski definition) is 5. The van der Waals surface area contributed by atoms with Gasteiger partial charge in [0.05, 0.1) is 18.1 Å². The second-order valence-corrected chi connectivity index (χ2v) is 7.03. The maximum absolute atomic E-state index is 12.9. The van der Waals surface area contributed by atoms with Gasteiger partial charge in [-0.1, -0.05) is 23.7 Å². The molecule has 146 valence electrons. The van der Waals surface area contributed by atoms with Crippen LogP contribution in [0.4, 0.5) is 0 Å². The van der Waals surface area contributed by atoms with Gasteiger partial charge >= 0.3 is 0 Å². The predicted octanol–water partition coefficient (Wildman–Crippen LogP) is 1.58. The number of halogens is 1. The Morgan fingerprint density at radius 3 is 2.57 bits per heavy atom. The van der Waals surface area contributed by atoms with Crippen molar-refractivity contribution in [1.29, 1.82) is 0 Å². The number of aromatic nitrogens is 4. The average Bonchev–Trinajstić information content (AvgIpc) is 3.08. The number of carbonyl (C=O) groups is 1. The van der Waals surface area contributed by atoms with Gasteiger partial charge in [-0.2, -0.15) is 14.9 Å². The Hall–Kier alpha value is -2.97. The normalized spacial score (nSPS) is 11.0. The smallest absolute Gasteiger partial charge is 0.284 e. The molecule has 9 heteroatoms. The minimum Gasteiger partial charge on any atom is -0.351 e. The first kappa shape index (κ1) is 19.8. The van der Waals surface area contributed by atoms with E-state index in [0.717, 1.165) is 5.56 Å². The molecule has 0 aliphatic rings. The molecule has 3 aromatic rings. The first-order valence-electron chi connectivity index (χ1n) is 8.67. The topological polar surface area (TPSA) is 85.1 Å². The van der Waals surface area contributed by atoms with Crippen LogP contribution in [0, 0.1) is 0 Å². The van der Waals surface area contributed by atoms with Gasteiger partial charge in [-0.15, -0.1) is 0 Å². The van der Waals surface area contributed by atoms with E-state index in [1.165, 1.54) is 16.9 Å². The molecule has 0 saturated carbocycles. The number of hydrogen-bond donors (Lipinski definition) is 1. The fourth-order valence-corrected chi connectivity index (χ4v) is 2.73. The van der Waals surface area contributed by atoms with E-state index < -0.39 is 11.5 Å². The summed E-state index contributed by atoms with van der Waals surface area (Å²) in [5.41, 5.74) is 1.21. The monoisotopic (exact) mass is 400 g/mol. The van der Waals surface area contributed by atoms with Crippen LogP contribution in [0.2, 0.25) is 5.02 Å². The summed E-state index contributed by atoms with van der Waals surface area (Å²) in [7, 11) is 5.56. The molecule has 3 rings (SSSR count). The third-order valence-corrected chi connectivity index (χ3v) is 4.33. The number of likely N-dealkylation sites (N-methyl/N-ethyl adjacent to an activating group) is 1. The molecule has 0 aliphatic heterocycles. The Labute approximate surface area is 167 Å². The van der Waals surface area contributed by atoms with Crippen molar-refractivity contribution in [3.63, 3.8) is 0 Å². The molecule has 0 aliphatic carbocycles. The van der Waals surface area contributed by atoms with Crippen molar-refractivity contribution in [1.82, 2.24) is 29.8 Å².